The van der Waals surface area contributed by atoms with Crippen molar-refractivity contribution in [2.45, 2.75) is 108 Å². The molecule has 0 heterocycles. The molecule has 1 aliphatic rings. The fourth-order valence-corrected chi connectivity index (χ4v) is 16.0. The summed E-state index contributed by atoms with van der Waals surface area (Å²) in [6.45, 7) is 7.43. The van der Waals surface area contributed by atoms with Gasteiger partial charge in [-0.15, -0.1) is 0 Å². The van der Waals surface area contributed by atoms with Crippen LogP contribution in [0, 0.1) is 69.8 Å². The average molecular weight is 1150 g/mol. The summed E-state index contributed by atoms with van der Waals surface area (Å²) in [6, 6.07) is 27.0. The van der Waals surface area contributed by atoms with E-state index >= 15 is 57.1 Å². The van der Waals surface area contributed by atoms with E-state index in [1.54, 1.807) is 32.0 Å². The van der Waals surface area contributed by atoms with Gasteiger partial charge in [0.05, 0.1) is 16.5 Å². The van der Waals surface area contributed by atoms with Crippen LogP contribution < -0.4 is 4.43 Å². The van der Waals surface area contributed by atoms with Gasteiger partial charge in [-0.05, 0) is 75.3 Å². The highest BCUT2D eigenvalue weighted by Gasteiger charge is 2.57. The number of rotatable bonds is 20. The largest absolute Gasteiger partial charge is 0.539 e. The first-order valence-electron chi connectivity index (χ1n) is 26.8. The Morgan fingerprint density at radius 2 is 0.852 bits per heavy atom. The van der Waals surface area contributed by atoms with Crippen LogP contribution in [0.2, 0.25) is 17.6 Å². The maximum Gasteiger partial charge on any atom is 0.303 e. The first-order chi connectivity index (χ1) is 38.7. The third-order valence-electron chi connectivity index (χ3n) is 15.8. The summed E-state index contributed by atoms with van der Waals surface area (Å²) in [5.41, 5.74) is -18.8. The molecule has 16 heteroatoms. The normalized spacial score (nSPS) is 13.0. The van der Waals surface area contributed by atoms with E-state index in [1.165, 1.54) is 72.8 Å². The van der Waals surface area contributed by atoms with Gasteiger partial charge in [-0.25, -0.2) is 48.3 Å². The van der Waals surface area contributed by atoms with Gasteiger partial charge in [0.2, 0.25) is 5.82 Å². The fraction of sp³-hybridized carbons (Fsp3) is 0.262. The Bertz CT molecular complexity index is 3540. The second-order valence-electron chi connectivity index (χ2n) is 20.8. The van der Waals surface area contributed by atoms with Crippen LogP contribution in [-0.2, 0) is 11.3 Å². The third kappa shape index (κ3) is 9.82. The van der Waals surface area contributed by atoms with Crippen molar-refractivity contribution in [3.63, 3.8) is 0 Å². The highest BCUT2D eigenvalue weighted by molar-refractivity contribution is 6.75. The number of unbranched alkanes of at least 4 members (excludes halogenated alkanes) is 6. The number of hydrogen-bond acceptors (Lipinski definition) is 1. The van der Waals surface area contributed by atoms with E-state index in [9.17, 15) is 4.39 Å². The molecular formula is C65H54F14OSi. The van der Waals surface area contributed by atoms with Crippen molar-refractivity contribution in [1.82, 2.24) is 0 Å². The summed E-state index contributed by atoms with van der Waals surface area (Å²) in [4.78, 5) is 0. The zero-order valence-corrected chi connectivity index (χ0v) is 45.5. The molecule has 0 aliphatic heterocycles. The number of halogens is 14. The number of hydrogen-bond donors (Lipinski definition) is 0. The van der Waals surface area contributed by atoms with Gasteiger partial charge < -0.3 is 4.43 Å². The van der Waals surface area contributed by atoms with Gasteiger partial charge in [-0.2, -0.15) is 13.2 Å². The molecule has 0 saturated carbocycles. The number of fused-ring (bicyclic) bond motifs is 3. The number of alkyl halides is 2. The van der Waals surface area contributed by atoms with Gasteiger partial charge in [0.1, 0.15) is 5.82 Å². The molecule has 0 spiro atoms. The van der Waals surface area contributed by atoms with Gasteiger partial charge in [0.25, 0.3) is 8.32 Å². The minimum absolute atomic E-state index is 0.152. The van der Waals surface area contributed by atoms with Crippen LogP contribution in [0.1, 0.15) is 112 Å². The molecule has 1 aliphatic carbocycles. The lowest BCUT2D eigenvalue weighted by atomic mass is 9.62. The van der Waals surface area contributed by atoms with Crippen molar-refractivity contribution < 1.29 is 65.9 Å². The van der Waals surface area contributed by atoms with E-state index in [0.29, 0.717) is 49.9 Å². The lowest BCUT2D eigenvalue weighted by Gasteiger charge is -2.39. The maximum atomic E-state index is 18.4. The molecule has 0 fully saturated rings. The Kier molecular flexibility index (Phi) is 16.8. The molecule has 0 atom stereocenters. The van der Waals surface area contributed by atoms with E-state index < -0.39 is 162 Å². The first-order valence-corrected chi connectivity index (χ1v) is 29.2. The lowest BCUT2D eigenvalue weighted by Crippen LogP contribution is -2.45. The van der Waals surface area contributed by atoms with Crippen LogP contribution in [0.25, 0.3) is 44.5 Å². The van der Waals surface area contributed by atoms with Crippen LogP contribution in [0.4, 0.5) is 61.5 Å². The second kappa shape index (κ2) is 23.3. The SMILES string of the molecule is CCCCCC[Si](CCCCCC)(Oc1c(F)c(F)c2c(c1F)-c1c(F)c(F)c(F)c(-c3c(C(c4ccccc4)(c4ccccc4)c4ccccc4)ccc(-c4ccc(F)c(F)c4F)c3-c3c(F)ccc(F)c3F)c1C2(F)F)C(C)C. The van der Waals surface area contributed by atoms with E-state index in [1.807, 2.05) is 13.8 Å². The Hall–Kier alpha value is -7.20. The topological polar surface area (TPSA) is 9.23 Å². The van der Waals surface area contributed by atoms with Crippen molar-refractivity contribution in [3.05, 3.63) is 231 Å². The van der Waals surface area contributed by atoms with Crippen LogP contribution in [0.15, 0.2) is 127 Å². The van der Waals surface area contributed by atoms with Gasteiger partial charge in [-0.3, -0.25) is 0 Å². The molecule has 0 N–H and O–H groups in total. The molecule has 0 saturated heterocycles. The molecule has 1 nitrogen and oxygen atoms in total. The van der Waals surface area contributed by atoms with Crippen molar-refractivity contribution >= 4 is 8.32 Å². The molecule has 9 rings (SSSR count). The molecule has 8 aromatic carbocycles. The highest BCUT2D eigenvalue weighted by Crippen LogP contribution is 2.63. The second-order valence-corrected chi connectivity index (χ2v) is 25.3. The molecule has 8 aromatic rings. The van der Waals surface area contributed by atoms with Crippen molar-refractivity contribution in [1.29, 1.82) is 0 Å². The molecule has 81 heavy (non-hydrogen) atoms. The minimum atomic E-state index is -5.34. The molecule has 0 unspecified atom stereocenters. The summed E-state index contributed by atoms with van der Waals surface area (Å²) in [5.74, 6) is -33.2. The Balaban J connectivity index is 1.51. The van der Waals surface area contributed by atoms with Gasteiger partial charge in [-0.1, -0.05) is 182 Å². The van der Waals surface area contributed by atoms with E-state index in [2.05, 4.69) is 0 Å². The van der Waals surface area contributed by atoms with Gasteiger partial charge in [0.15, 0.2) is 63.9 Å². The maximum absolute atomic E-state index is 18.4. The molecule has 0 bridgehead atoms. The van der Waals surface area contributed by atoms with E-state index in [-0.39, 0.29) is 28.8 Å². The summed E-state index contributed by atoms with van der Waals surface area (Å²) >= 11 is 0. The van der Waals surface area contributed by atoms with Crippen LogP contribution in [0.5, 0.6) is 5.75 Å². The smallest absolute Gasteiger partial charge is 0.303 e. The van der Waals surface area contributed by atoms with E-state index in [4.69, 9.17) is 4.43 Å². The zero-order valence-electron chi connectivity index (χ0n) is 44.5. The lowest BCUT2D eigenvalue weighted by molar-refractivity contribution is 0.0432. The predicted molar refractivity (Wildman–Crippen MR) is 288 cm³/mol. The summed E-state index contributed by atoms with van der Waals surface area (Å²) in [5, 5.41) is 0. The predicted octanol–water partition coefficient (Wildman–Crippen LogP) is 20.8. The monoisotopic (exact) mass is 1140 g/mol. The molecule has 0 radical (unpaired) electrons. The van der Waals surface area contributed by atoms with Crippen LogP contribution >= 0.6 is 0 Å². The summed E-state index contributed by atoms with van der Waals surface area (Å²) in [7, 11) is -3.54. The Labute approximate surface area is 461 Å². The minimum Gasteiger partial charge on any atom is -0.539 e. The number of benzene rings is 8. The average Bonchev–Trinajstić information content (AvgIpc) is 2.51. The first kappa shape index (κ1) is 58.5. The van der Waals surface area contributed by atoms with Crippen LogP contribution in [0.3, 0.4) is 0 Å². The molecule has 0 aromatic heterocycles. The molecule has 0 amide bonds. The van der Waals surface area contributed by atoms with Gasteiger partial charge >= 0.3 is 5.92 Å². The Morgan fingerprint density at radius 1 is 0.395 bits per heavy atom. The fourth-order valence-electron chi connectivity index (χ4n) is 11.8. The van der Waals surface area contributed by atoms with Gasteiger partial charge in [0, 0.05) is 33.4 Å². The van der Waals surface area contributed by atoms with Crippen molar-refractivity contribution in [3.8, 4) is 50.3 Å². The zero-order chi connectivity index (χ0) is 58.3. The summed E-state index contributed by atoms with van der Waals surface area (Å²) in [6.07, 6.45) is 5.57. The molecule has 422 valence electrons. The Morgan fingerprint density at radius 3 is 1.36 bits per heavy atom. The quantitative estimate of drug-likeness (QED) is 0.0185. The third-order valence-corrected chi connectivity index (χ3v) is 21.0. The summed E-state index contributed by atoms with van der Waals surface area (Å²) < 4.78 is 246. The van der Waals surface area contributed by atoms with Crippen molar-refractivity contribution in [2.75, 3.05) is 0 Å². The standard InChI is InChI=1S/C65H54F14OSi/c1-5-7-9-20-34-81(36(3)4,35-21-10-8-6-2)80-63-59(74)51-50-52(65(78,79)53(51)60(75)62(63)77)49(57(72)61(76)58(50)73)47-42(64(37-22-14-11-15-23-37,38-24-16-12-17-25-38)39-26-18-13-19-27-39)30-28-40(41-29-31-45(68)56(71)54(41)69)46(47)48-43(66)32-33-44(67)55(48)70/h11-19,22-33,36H,5-10,20-21,34-35H2,1-4H3. The van der Waals surface area contributed by atoms with Crippen LogP contribution in [-0.4, -0.2) is 8.32 Å². The molecular weight excluding hydrogens is 1090 g/mol. The van der Waals surface area contributed by atoms with Crippen molar-refractivity contribution in [2.24, 2.45) is 0 Å². The highest BCUT2D eigenvalue weighted by atomic mass is 28.4. The van der Waals surface area contributed by atoms with E-state index in [0.717, 1.165) is 37.8 Å².